The van der Waals surface area contributed by atoms with Gasteiger partial charge in [-0.05, 0) is 36.6 Å². The molecule has 130 valence electrons. The van der Waals surface area contributed by atoms with Gasteiger partial charge in [-0.25, -0.2) is 17.5 Å². The molecule has 0 aliphatic rings. The molecule has 0 atom stereocenters. The quantitative estimate of drug-likeness (QED) is 0.747. The molecule has 1 aromatic carbocycles. The number of carbonyl (C=O) groups excluding carboxylic acids is 1. The SMILES string of the molecule is CCc1ccc(S(=O)(=O)NCC(=O)NCCc2ccccc2F)s1. The number of benzene rings is 1. The van der Waals surface area contributed by atoms with Crippen LogP contribution in [0.25, 0.3) is 0 Å². The molecule has 0 saturated carbocycles. The third-order valence-electron chi connectivity index (χ3n) is 3.35. The Kier molecular flexibility index (Phi) is 6.47. The largest absolute Gasteiger partial charge is 0.355 e. The summed E-state index contributed by atoms with van der Waals surface area (Å²) in [6, 6.07) is 9.61. The average Bonchev–Trinajstić information content (AvgIpc) is 3.05. The van der Waals surface area contributed by atoms with Gasteiger partial charge in [-0.1, -0.05) is 25.1 Å². The van der Waals surface area contributed by atoms with Crippen LogP contribution in [-0.2, 0) is 27.7 Å². The first-order chi connectivity index (χ1) is 11.4. The van der Waals surface area contributed by atoms with Crippen molar-refractivity contribution in [3.05, 3.63) is 52.7 Å². The summed E-state index contributed by atoms with van der Waals surface area (Å²) < 4.78 is 40.0. The maximum absolute atomic E-state index is 13.4. The first kappa shape index (κ1) is 18.6. The van der Waals surface area contributed by atoms with Gasteiger partial charge in [-0.3, -0.25) is 4.79 Å². The highest BCUT2D eigenvalue weighted by atomic mass is 32.2. The van der Waals surface area contributed by atoms with Crippen molar-refractivity contribution in [3.8, 4) is 0 Å². The summed E-state index contributed by atoms with van der Waals surface area (Å²) >= 11 is 1.18. The minimum absolute atomic E-state index is 0.193. The van der Waals surface area contributed by atoms with Gasteiger partial charge in [0.05, 0.1) is 6.54 Å². The van der Waals surface area contributed by atoms with Crippen LogP contribution in [0.1, 0.15) is 17.4 Å². The van der Waals surface area contributed by atoms with E-state index in [0.29, 0.717) is 12.0 Å². The Morgan fingerprint density at radius 3 is 2.62 bits per heavy atom. The Morgan fingerprint density at radius 2 is 1.96 bits per heavy atom. The molecule has 0 spiro atoms. The fourth-order valence-corrected chi connectivity index (χ4v) is 4.35. The average molecular weight is 370 g/mol. The lowest BCUT2D eigenvalue weighted by Gasteiger charge is -2.07. The summed E-state index contributed by atoms with van der Waals surface area (Å²) in [5.74, 6) is -0.779. The van der Waals surface area contributed by atoms with Crippen LogP contribution in [0.4, 0.5) is 4.39 Å². The molecule has 8 heteroatoms. The van der Waals surface area contributed by atoms with E-state index in [4.69, 9.17) is 0 Å². The van der Waals surface area contributed by atoms with Crippen molar-refractivity contribution in [2.24, 2.45) is 0 Å². The highest BCUT2D eigenvalue weighted by Crippen LogP contribution is 2.21. The number of carbonyl (C=O) groups is 1. The summed E-state index contributed by atoms with van der Waals surface area (Å²) in [4.78, 5) is 12.7. The molecule has 0 radical (unpaired) electrons. The van der Waals surface area contributed by atoms with E-state index in [1.807, 2.05) is 6.92 Å². The van der Waals surface area contributed by atoms with Crippen molar-refractivity contribution in [1.29, 1.82) is 0 Å². The lowest BCUT2D eigenvalue weighted by molar-refractivity contribution is -0.119. The van der Waals surface area contributed by atoms with Crippen molar-refractivity contribution >= 4 is 27.3 Å². The highest BCUT2D eigenvalue weighted by Gasteiger charge is 2.17. The smallest absolute Gasteiger partial charge is 0.250 e. The molecule has 0 unspecified atom stereocenters. The maximum atomic E-state index is 13.4. The van der Waals surface area contributed by atoms with E-state index in [1.165, 1.54) is 23.5 Å². The van der Waals surface area contributed by atoms with Crippen molar-refractivity contribution < 1.29 is 17.6 Å². The zero-order chi connectivity index (χ0) is 17.6. The molecule has 1 heterocycles. The minimum atomic E-state index is -3.68. The molecule has 5 nitrogen and oxygen atoms in total. The van der Waals surface area contributed by atoms with E-state index in [9.17, 15) is 17.6 Å². The second kappa shape index (κ2) is 8.36. The molecule has 0 saturated heterocycles. The molecule has 2 rings (SSSR count). The first-order valence-corrected chi connectivity index (χ1v) is 9.81. The van der Waals surface area contributed by atoms with Crippen LogP contribution >= 0.6 is 11.3 Å². The van der Waals surface area contributed by atoms with E-state index in [-0.39, 0.29) is 23.1 Å². The molecular formula is C16H19FN2O3S2. The number of thiophene rings is 1. The fourth-order valence-electron chi connectivity index (χ4n) is 2.02. The van der Waals surface area contributed by atoms with E-state index >= 15 is 0 Å². The van der Waals surface area contributed by atoms with Gasteiger partial charge >= 0.3 is 0 Å². The van der Waals surface area contributed by atoms with Crippen molar-refractivity contribution in [3.63, 3.8) is 0 Å². The first-order valence-electron chi connectivity index (χ1n) is 7.51. The number of halogens is 1. The van der Waals surface area contributed by atoms with Gasteiger partial charge in [0.2, 0.25) is 5.91 Å². The van der Waals surface area contributed by atoms with Gasteiger partial charge in [-0.15, -0.1) is 11.3 Å². The molecule has 0 bridgehead atoms. The topological polar surface area (TPSA) is 75.3 Å². The Hall–Kier alpha value is -1.77. The van der Waals surface area contributed by atoms with Gasteiger partial charge in [0.25, 0.3) is 10.0 Å². The van der Waals surface area contributed by atoms with E-state index < -0.39 is 15.9 Å². The molecule has 1 aromatic heterocycles. The van der Waals surface area contributed by atoms with Crippen LogP contribution in [0.2, 0.25) is 0 Å². The predicted molar refractivity (Wildman–Crippen MR) is 92.0 cm³/mol. The van der Waals surface area contributed by atoms with Gasteiger partial charge in [0, 0.05) is 11.4 Å². The third-order valence-corrected chi connectivity index (χ3v) is 6.47. The lowest BCUT2D eigenvalue weighted by atomic mass is 10.1. The standard InChI is InChI=1S/C16H19FN2O3S2/c1-2-13-7-8-16(23-13)24(21,22)19-11-15(20)18-10-9-12-5-3-4-6-14(12)17/h3-8,19H,2,9-11H2,1H3,(H,18,20). The summed E-state index contributed by atoms with van der Waals surface area (Å²) in [6.07, 6.45) is 1.10. The Bertz CT molecular complexity index is 803. The molecular weight excluding hydrogens is 351 g/mol. The van der Waals surface area contributed by atoms with Crippen molar-refractivity contribution in [1.82, 2.24) is 10.0 Å². The Morgan fingerprint density at radius 1 is 1.21 bits per heavy atom. The zero-order valence-electron chi connectivity index (χ0n) is 13.2. The van der Waals surface area contributed by atoms with Crippen LogP contribution in [0.5, 0.6) is 0 Å². The number of hydrogen-bond donors (Lipinski definition) is 2. The monoisotopic (exact) mass is 370 g/mol. The van der Waals surface area contributed by atoms with Crippen LogP contribution < -0.4 is 10.0 Å². The summed E-state index contributed by atoms with van der Waals surface area (Å²) in [6.45, 7) is 1.83. The second-order valence-corrected chi connectivity index (χ2v) is 8.25. The van der Waals surface area contributed by atoms with Crippen LogP contribution in [0.15, 0.2) is 40.6 Å². The third kappa shape index (κ3) is 5.12. The van der Waals surface area contributed by atoms with E-state index in [2.05, 4.69) is 10.0 Å². The number of sulfonamides is 1. The van der Waals surface area contributed by atoms with Gasteiger partial charge in [0.15, 0.2) is 0 Å². The van der Waals surface area contributed by atoms with Gasteiger partial charge in [-0.2, -0.15) is 0 Å². The normalized spacial score (nSPS) is 11.4. The van der Waals surface area contributed by atoms with Crippen molar-refractivity contribution in [2.75, 3.05) is 13.1 Å². The number of nitrogens with one attached hydrogen (secondary N) is 2. The highest BCUT2D eigenvalue weighted by molar-refractivity contribution is 7.91. The molecule has 0 aliphatic carbocycles. The minimum Gasteiger partial charge on any atom is -0.355 e. The maximum Gasteiger partial charge on any atom is 0.250 e. The molecule has 0 aliphatic heterocycles. The Balaban J connectivity index is 1.79. The fraction of sp³-hybridized carbons (Fsp3) is 0.312. The number of aryl methyl sites for hydroxylation is 1. The second-order valence-electron chi connectivity index (χ2n) is 5.09. The van der Waals surface area contributed by atoms with Crippen molar-refractivity contribution in [2.45, 2.75) is 24.0 Å². The van der Waals surface area contributed by atoms with Gasteiger partial charge < -0.3 is 5.32 Å². The zero-order valence-corrected chi connectivity index (χ0v) is 14.8. The van der Waals surface area contributed by atoms with E-state index in [0.717, 1.165) is 11.3 Å². The predicted octanol–water partition coefficient (Wildman–Crippen LogP) is 2.09. The van der Waals surface area contributed by atoms with E-state index in [1.54, 1.807) is 24.3 Å². The van der Waals surface area contributed by atoms with Gasteiger partial charge in [0.1, 0.15) is 10.0 Å². The summed E-state index contributed by atoms with van der Waals surface area (Å²) in [5.41, 5.74) is 0.504. The van der Waals surface area contributed by atoms with Crippen LogP contribution in [0.3, 0.4) is 0 Å². The van der Waals surface area contributed by atoms with Crippen LogP contribution in [-0.4, -0.2) is 27.4 Å². The number of amides is 1. The van der Waals surface area contributed by atoms with Crippen LogP contribution in [0, 0.1) is 5.82 Å². The lowest BCUT2D eigenvalue weighted by Crippen LogP contribution is -2.37. The number of hydrogen-bond acceptors (Lipinski definition) is 4. The molecule has 2 aromatic rings. The molecule has 0 fully saturated rings. The Labute approximate surface area is 145 Å². The number of rotatable bonds is 8. The summed E-state index contributed by atoms with van der Waals surface area (Å²) in [5, 5.41) is 2.57. The molecule has 24 heavy (non-hydrogen) atoms. The summed E-state index contributed by atoms with van der Waals surface area (Å²) in [7, 11) is -3.68. The molecule has 1 amide bonds. The molecule has 2 N–H and O–H groups in total.